The molecule has 1 unspecified atom stereocenters. The molecule has 2 N–H and O–H groups in total. The zero-order valence-corrected chi connectivity index (χ0v) is 12.0. The number of methoxy groups -OCH3 is 1. The zero-order valence-electron chi connectivity index (χ0n) is 11.2. The maximum Gasteiger partial charge on any atom is 0.331 e. The van der Waals surface area contributed by atoms with Crippen LogP contribution in [-0.4, -0.2) is 34.7 Å². The van der Waals surface area contributed by atoms with E-state index in [9.17, 15) is 14.7 Å². The van der Waals surface area contributed by atoms with Crippen LogP contribution < -0.4 is 15.2 Å². The van der Waals surface area contributed by atoms with E-state index in [0.29, 0.717) is 13.0 Å². The Balaban J connectivity index is 2.13. The van der Waals surface area contributed by atoms with E-state index in [0.717, 1.165) is 10.4 Å². The molecular formula is C13H13N3O4S. The van der Waals surface area contributed by atoms with Gasteiger partial charge in [-0.15, -0.1) is 11.3 Å². The van der Waals surface area contributed by atoms with Gasteiger partial charge in [-0.05, 0) is 23.4 Å². The molecule has 7 nitrogen and oxygen atoms in total. The molecule has 0 saturated heterocycles. The van der Waals surface area contributed by atoms with Gasteiger partial charge < -0.3 is 19.7 Å². The summed E-state index contributed by atoms with van der Waals surface area (Å²) >= 11 is 1.55. The Morgan fingerprint density at radius 1 is 1.62 bits per heavy atom. The Labute approximate surface area is 123 Å². The maximum atomic E-state index is 11.8. The summed E-state index contributed by atoms with van der Waals surface area (Å²) in [5.41, 5.74) is 0.325. The highest BCUT2D eigenvalue weighted by Gasteiger charge is 2.36. The molecule has 110 valence electrons. The summed E-state index contributed by atoms with van der Waals surface area (Å²) in [6, 6.07) is 0.952. The van der Waals surface area contributed by atoms with Gasteiger partial charge in [-0.1, -0.05) is 0 Å². The van der Waals surface area contributed by atoms with Gasteiger partial charge in [0.2, 0.25) is 5.75 Å². The fraction of sp³-hybridized carbons (Fsp3) is 0.308. The highest BCUT2D eigenvalue weighted by molar-refractivity contribution is 7.10. The fourth-order valence-corrected chi connectivity index (χ4v) is 3.48. The van der Waals surface area contributed by atoms with Crippen LogP contribution in [0.2, 0.25) is 0 Å². The summed E-state index contributed by atoms with van der Waals surface area (Å²) in [4.78, 5) is 32.7. The molecule has 3 heterocycles. The van der Waals surface area contributed by atoms with E-state index >= 15 is 0 Å². The number of thiophene rings is 1. The number of H-pyrrole nitrogens is 1. The van der Waals surface area contributed by atoms with E-state index in [1.165, 1.54) is 13.4 Å². The molecule has 0 aliphatic carbocycles. The largest absolute Gasteiger partial charge is 0.489 e. The molecule has 2 aromatic rings. The molecular weight excluding hydrogens is 294 g/mol. The van der Waals surface area contributed by atoms with Crippen LogP contribution in [0.3, 0.4) is 0 Å². The molecule has 2 aromatic heterocycles. The van der Waals surface area contributed by atoms with Crippen LogP contribution in [0, 0.1) is 0 Å². The van der Waals surface area contributed by atoms with Crippen LogP contribution in [0.4, 0.5) is 5.82 Å². The number of aliphatic carboxylic acids is 1. The van der Waals surface area contributed by atoms with Crippen LogP contribution in [0.5, 0.6) is 5.75 Å². The first-order valence-corrected chi connectivity index (χ1v) is 7.19. The number of carbonyl (C=O) groups is 1. The summed E-state index contributed by atoms with van der Waals surface area (Å²) in [5, 5.41) is 11.5. The lowest BCUT2D eigenvalue weighted by atomic mass is 10.00. The van der Waals surface area contributed by atoms with Crippen molar-refractivity contribution < 1.29 is 14.6 Å². The predicted octanol–water partition coefficient (Wildman–Crippen LogP) is 1.03. The third kappa shape index (κ3) is 2.17. The Morgan fingerprint density at radius 2 is 2.43 bits per heavy atom. The van der Waals surface area contributed by atoms with Crippen LogP contribution in [0.25, 0.3) is 0 Å². The van der Waals surface area contributed by atoms with E-state index in [-0.39, 0.29) is 11.6 Å². The SMILES string of the molecule is COc1c(N2CCc3sccc3C2C(=O)O)nc[nH]c1=O. The number of anilines is 1. The monoisotopic (exact) mass is 307 g/mol. The maximum absolute atomic E-state index is 11.8. The fourth-order valence-electron chi connectivity index (χ4n) is 2.58. The number of nitrogens with one attached hydrogen (secondary N) is 1. The third-order valence-electron chi connectivity index (χ3n) is 3.47. The molecule has 0 aromatic carbocycles. The predicted molar refractivity (Wildman–Crippen MR) is 77.2 cm³/mol. The summed E-state index contributed by atoms with van der Waals surface area (Å²) < 4.78 is 5.09. The lowest BCUT2D eigenvalue weighted by Crippen LogP contribution is -2.40. The van der Waals surface area contributed by atoms with Gasteiger partial charge in [-0.25, -0.2) is 9.78 Å². The van der Waals surface area contributed by atoms with Crippen molar-refractivity contribution in [3.05, 3.63) is 38.6 Å². The summed E-state index contributed by atoms with van der Waals surface area (Å²) in [6.45, 7) is 0.470. The molecule has 1 aliphatic heterocycles. The van der Waals surface area contributed by atoms with Gasteiger partial charge >= 0.3 is 5.97 Å². The van der Waals surface area contributed by atoms with Crippen molar-refractivity contribution in [2.75, 3.05) is 18.6 Å². The number of hydrogen-bond acceptors (Lipinski definition) is 6. The first-order chi connectivity index (χ1) is 10.1. The van der Waals surface area contributed by atoms with E-state index in [1.54, 1.807) is 16.2 Å². The molecule has 0 radical (unpaired) electrons. The second kappa shape index (κ2) is 5.21. The number of aromatic amines is 1. The number of carboxylic acids is 1. The molecule has 3 rings (SSSR count). The summed E-state index contributed by atoms with van der Waals surface area (Å²) in [5.74, 6) is -0.689. The number of fused-ring (bicyclic) bond motifs is 1. The Bertz CT molecular complexity index is 739. The van der Waals surface area contributed by atoms with E-state index in [2.05, 4.69) is 9.97 Å². The number of aromatic nitrogens is 2. The topological polar surface area (TPSA) is 95.5 Å². The Hall–Kier alpha value is -2.35. The molecule has 0 spiro atoms. The molecule has 1 aliphatic rings. The van der Waals surface area contributed by atoms with Gasteiger partial charge in [0.05, 0.1) is 13.4 Å². The van der Waals surface area contributed by atoms with Crippen molar-refractivity contribution in [3.63, 3.8) is 0 Å². The quantitative estimate of drug-likeness (QED) is 0.879. The van der Waals surface area contributed by atoms with E-state index in [4.69, 9.17) is 4.74 Å². The van der Waals surface area contributed by atoms with E-state index in [1.807, 2.05) is 11.4 Å². The van der Waals surface area contributed by atoms with Crippen LogP contribution in [-0.2, 0) is 11.2 Å². The highest BCUT2D eigenvalue weighted by Crippen LogP contribution is 2.37. The lowest BCUT2D eigenvalue weighted by Gasteiger charge is -2.34. The first kappa shape index (κ1) is 13.6. The van der Waals surface area contributed by atoms with Gasteiger partial charge in [-0.3, -0.25) is 4.79 Å². The first-order valence-electron chi connectivity index (χ1n) is 6.31. The average Bonchev–Trinajstić information content (AvgIpc) is 2.93. The molecule has 0 amide bonds. The summed E-state index contributed by atoms with van der Waals surface area (Å²) in [7, 11) is 1.37. The number of nitrogens with zero attached hydrogens (tertiary/aromatic N) is 2. The van der Waals surface area contributed by atoms with Gasteiger partial charge in [0.25, 0.3) is 5.56 Å². The minimum atomic E-state index is -0.974. The molecule has 0 fully saturated rings. The van der Waals surface area contributed by atoms with Crippen molar-refractivity contribution in [2.24, 2.45) is 0 Å². The second-order valence-electron chi connectivity index (χ2n) is 4.57. The van der Waals surface area contributed by atoms with Crippen molar-refractivity contribution in [1.29, 1.82) is 0 Å². The van der Waals surface area contributed by atoms with Crippen LogP contribution in [0.1, 0.15) is 16.5 Å². The normalized spacial score (nSPS) is 17.4. The van der Waals surface area contributed by atoms with Gasteiger partial charge in [0.1, 0.15) is 0 Å². The number of ether oxygens (including phenoxy) is 1. The van der Waals surface area contributed by atoms with Crippen molar-refractivity contribution in [1.82, 2.24) is 9.97 Å². The van der Waals surface area contributed by atoms with Crippen molar-refractivity contribution in [2.45, 2.75) is 12.5 Å². The van der Waals surface area contributed by atoms with Crippen LogP contribution >= 0.6 is 11.3 Å². The van der Waals surface area contributed by atoms with Gasteiger partial charge in [0.15, 0.2) is 11.9 Å². The van der Waals surface area contributed by atoms with Crippen molar-refractivity contribution >= 4 is 23.1 Å². The molecule has 21 heavy (non-hydrogen) atoms. The van der Waals surface area contributed by atoms with Crippen molar-refractivity contribution in [3.8, 4) is 5.75 Å². The number of rotatable bonds is 3. The van der Waals surface area contributed by atoms with Crippen LogP contribution in [0.15, 0.2) is 22.6 Å². The zero-order chi connectivity index (χ0) is 15.0. The minimum Gasteiger partial charge on any atom is -0.489 e. The highest BCUT2D eigenvalue weighted by atomic mass is 32.1. The Kier molecular flexibility index (Phi) is 3.38. The minimum absolute atomic E-state index is 0.0300. The molecule has 0 bridgehead atoms. The third-order valence-corrected chi connectivity index (χ3v) is 4.46. The summed E-state index contributed by atoms with van der Waals surface area (Å²) in [6.07, 6.45) is 1.97. The number of carboxylic acid groups (broad SMARTS) is 1. The molecule has 8 heteroatoms. The standard InChI is InChI=1S/C13H13N3O4S/c1-20-10-11(14-6-15-12(10)17)16-4-2-8-7(3-5-21-8)9(16)13(18)19/h3,5-6,9H,2,4H2,1H3,(H,18,19)(H,14,15,17). The van der Waals surface area contributed by atoms with Gasteiger partial charge in [-0.2, -0.15) is 0 Å². The lowest BCUT2D eigenvalue weighted by molar-refractivity contribution is -0.138. The smallest absolute Gasteiger partial charge is 0.331 e. The molecule has 1 atom stereocenters. The molecule has 0 saturated carbocycles. The number of hydrogen-bond donors (Lipinski definition) is 2. The Morgan fingerprint density at radius 3 is 3.14 bits per heavy atom. The second-order valence-corrected chi connectivity index (χ2v) is 5.57. The van der Waals surface area contributed by atoms with E-state index < -0.39 is 17.6 Å². The van der Waals surface area contributed by atoms with Gasteiger partial charge in [0, 0.05) is 11.4 Å². The average molecular weight is 307 g/mol.